The number of carbonyl (C=O) groups is 1. The Labute approximate surface area is 266 Å². The molecule has 5 nitrogen and oxygen atoms in total. The normalized spacial score (nSPS) is 20.0. The van der Waals surface area contributed by atoms with E-state index in [-0.39, 0.29) is 32.9 Å². The predicted octanol–water partition coefficient (Wildman–Crippen LogP) is 6.56. The summed E-state index contributed by atoms with van der Waals surface area (Å²) in [5, 5.41) is 2.36. The van der Waals surface area contributed by atoms with Crippen LogP contribution in [0.5, 0.6) is 0 Å². The summed E-state index contributed by atoms with van der Waals surface area (Å²) in [5.41, 5.74) is 13.9. The van der Waals surface area contributed by atoms with Crippen LogP contribution < -0.4 is 10.7 Å². The summed E-state index contributed by atoms with van der Waals surface area (Å²) in [7, 11) is 0. The average Bonchev–Trinajstić information content (AvgIpc) is 3.73. The maximum atomic E-state index is 14.0. The molecule has 5 heterocycles. The van der Waals surface area contributed by atoms with E-state index in [9.17, 15) is 4.79 Å². The minimum Gasteiger partial charge on any atom is -0.357 e. The maximum Gasteiger partial charge on any atom is 0.187 e. The molecule has 226 valence electrons. The van der Waals surface area contributed by atoms with Crippen molar-refractivity contribution in [1.82, 2.24) is 9.88 Å². The first kappa shape index (κ1) is 32.1. The zero-order valence-electron chi connectivity index (χ0n) is 26.6. The molecule has 4 aliphatic rings. The minimum atomic E-state index is -0.347. The number of H-pyrrole nitrogens is 1. The number of allylic oxidation sites excluding steroid dienone is 5. The van der Waals surface area contributed by atoms with Gasteiger partial charge < -0.3 is 9.88 Å². The number of aromatic amines is 1. The molecule has 5 rings (SSSR count). The van der Waals surface area contributed by atoms with Gasteiger partial charge in [-0.2, -0.15) is 0 Å². The third kappa shape index (κ3) is 5.06. The van der Waals surface area contributed by atoms with Gasteiger partial charge in [0.25, 0.3) is 0 Å². The molecule has 0 amide bonds. The van der Waals surface area contributed by atoms with Gasteiger partial charge in [0.2, 0.25) is 0 Å². The topological polar surface area (TPSA) is 60.8 Å². The molecule has 0 saturated heterocycles. The van der Waals surface area contributed by atoms with Crippen molar-refractivity contribution in [2.24, 2.45) is 9.98 Å². The van der Waals surface area contributed by atoms with E-state index in [0.717, 1.165) is 84.5 Å². The molecule has 4 aliphatic heterocycles. The fourth-order valence-electron chi connectivity index (χ4n) is 7.32. The van der Waals surface area contributed by atoms with Gasteiger partial charge in [-0.15, -0.1) is 0 Å². The van der Waals surface area contributed by atoms with Crippen molar-refractivity contribution in [1.29, 1.82) is 0 Å². The molecular formula is C36H46N4OPt. The molecular weight excluding hydrogens is 700 g/mol. The van der Waals surface area contributed by atoms with Crippen LogP contribution in [-0.4, -0.2) is 39.7 Å². The van der Waals surface area contributed by atoms with Crippen molar-refractivity contribution in [2.45, 2.75) is 106 Å². The van der Waals surface area contributed by atoms with Crippen LogP contribution in [-0.2, 0) is 38.7 Å². The third-order valence-corrected chi connectivity index (χ3v) is 9.16. The fourth-order valence-corrected chi connectivity index (χ4v) is 7.32. The van der Waals surface area contributed by atoms with E-state index in [1.165, 1.54) is 38.8 Å². The summed E-state index contributed by atoms with van der Waals surface area (Å²) in [5.74, 6) is 0.198. The van der Waals surface area contributed by atoms with Crippen LogP contribution in [0.25, 0.3) is 11.6 Å². The van der Waals surface area contributed by atoms with Crippen molar-refractivity contribution in [3.63, 3.8) is 0 Å². The molecule has 1 N–H and O–H groups in total. The Morgan fingerprint density at radius 3 is 1.95 bits per heavy atom. The van der Waals surface area contributed by atoms with Gasteiger partial charge in [-0.25, -0.2) is 9.98 Å². The number of aliphatic imine (C=N–C) groups is 2. The van der Waals surface area contributed by atoms with Crippen LogP contribution in [0.1, 0.15) is 98.6 Å². The van der Waals surface area contributed by atoms with Gasteiger partial charge >= 0.3 is 0 Å². The number of carbonyl (C=O) groups excluding carboxylic acids is 1. The van der Waals surface area contributed by atoms with Crippen LogP contribution in [0.3, 0.4) is 0 Å². The number of rotatable bonds is 8. The van der Waals surface area contributed by atoms with E-state index in [1.54, 1.807) is 0 Å². The second-order valence-corrected chi connectivity index (χ2v) is 11.1. The van der Waals surface area contributed by atoms with Gasteiger partial charge in [0.15, 0.2) is 5.78 Å². The summed E-state index contributed by atoms with van der Waals surface area (Å²) < 4.78 is 0. The first-order chi connectivity index (χ1) is 19.9. The number of hydrogen-bond acceptors (Lipinski definition) is 4. The molecule has 1 unspecified atom stereocenters. The Morgan fingerprint density at radius 1 is 0.738 bits per heavy atom. The van der Waals surface area contributed by atoms with Crippen LogP contribution in [0, 0.1) is 0 Å². The molecule has 0 fully saturated rings. The van der Waals surface area contributed by atoms with Crippen LogP contribution >= 0.6 is 0 Å². The summed E-state index contributed by atoms with van der Waals surface area (Å²) in [6, 6.07) is -0.347. The van der Waals surface area contributed by atoms with E-state index >= 15 is 0 Å². The quantitative estimate of drug-likeness (QED) is 0.328. The monoisotopic (exact) mass is 745 g/mol. The SMILES string of the molecule is CCC1=C(CC)C2=C(CC)C3=C(CC)C(=O)C(C=C4C=CC(=N4)C=c4[nH]c(c(CC)c4CC)=C(CC)C1=N2)N3CC.[Pt]. The largest absolute Gasteiger partial charge is 0.357 e. The molecule has 0 radical (unpaired) electrons. The maximum absolute atomic E-state index is 14.0. The standard InChI is InChI=1S/C36H46N4O.Pt/c1-9-23-24(10-2)32-27(13-5)33-25(11-3)26(12-4)34(39-33)28(14-6)35-29(15-7)36(41)31(40(35)16-8)20-22-18-17-21(37-22)19-30(23)38-32;/h17-20,31,38H,9-16H2,1-8H3;. The number of nitrogens with one attached hydrogen (secondary N) is 1. The summed E-state index contributed by atoms with van der Waals surface area (Å²) >= 11 is 0. The first-order valence-electron chi connectivity index (χ1n) is 15.9. The van der Waals surface area contributed by atoms with Crippen molar-refractivity contribution in [3.8, 4) is 0 Å². The Balaban J connectivity index is 0.00000405. The summed E-state index contributed by atoms with van der Waals surface area (Å²) in [6.07, 6.45) is 14.5. The molecule has 0 saturated carbocycles. The Kier molecular flexibility index (Phi) is 10.1. The second kappa shape index (κ2) is 13.2. The zero-order valence-corrected chi connectivity index (χ0v) is 28.9. The molecule has 8 bridgehead atoms. The summed E-state index contributed by atoms with van der Waals surface area (Å²) in [4.78, 5) is 30.6. The molecule has 1 atom stereocenters. The third-order valence-electron chi connectivity index (χ3n) is 9.16. The minimum absolute atomic E-state index is 0. The van der Waals surface area contributed by atoms with Crippen molar-refractivity contribution in [3.05, 3.63) is 79.4 Å². The van der Waals surface area contributed by atoms with Crippen LogP contribution in [0.2, 0.25) is 0 Å². The van der Waals surface area contributed by atoms with Gasteiger partial charge in [-0.1, -0.05) is 48.5 Å². The number of fused-ring (bicyclic) bond motifs is 6. The number of Topliss-reactive ketones (excluding diaryl/α,β-unsaturated/α-hetero) is 1. The van der Waals surface area contributed by atoms with Gasteiger partial charge in [-0.3, -0.25) is 4.79 Å². The number of ketones is 1. The molecule has 6 heteroatoms. The number of nitrogens with zero attached hydrogens (tertiary/aromatic N) is 3. The van der Waals surface area contributed by atoms with Crippen molar-refractivity contribution < 1.29 is 25.9 Å². The summed E-state index contributed by atoms with van der Waals surface area (Å²) in [6.45, 7) is 18.5. The predicted molar refractivity (Wildman–Crippen MR) is 172 cm³/mol. The molecule has 42 heavy (non-hydrogen) atoms. The number of likely N-dealkylation sites (N-methyl/N-ethyl adjacent to an activating group) is 1. The van der Waals surface area contributed by atoms with Crippen LogP contribution in [0.4, 0.5) is 0 Å². The van der Waals surface area contributed by atoms with E-state index < -0.39 is 0 Å². The van der Waals surface area contributed by atoms with Crippen molar-refractivity contribution >= 4 is 28.9 Å². The first-order valence-corrected chi connectivity index (χ1v) is 15.9. The van der Waals surface area contributed by atoms with E-state index in [4.69, 9.17) is 9.98 Å². The number of hydrogen-bond donors (Lipinski definition) is 1. The Bertz CT molecular complexity index is 1640. The van der Waals surface area contributed by atoms with E-state index in [0.29, 0.717) is 6.42 Å². The molecule has 0 spiro atoms. The second-order valence-electron chi connectivity index (χ2n) is 11.1. The fraction of sp³-hybridized carbons (Fsp3) is 0.472. The van der Waals surface area contributed by atoms with Gasteiger partial charge in [0, 0.05) is 60.7 Å². The van der Waals surface area contributed by atoms with E-state index in [1.807, 2.05) is 6.08 Å². The van der Waals surface area contributed by atoms with Gasteiger partial charge in [-0.05, 0) is 98.4 Å². The number of aromatic nitrogens is 1. The molecule has 1 aromatic rings. The molecule has 0 aliphatic carbocycles. The average molecular weight is 746 g/mol. The van der Waals surface area contributed by atoms with Gasteiger partial charge in [0.1, 0.15) is 6.04 Å². The smallest absolute Gasteiger partial charge is 0.187 e. The van der Waals surface area contributed by atoms with Crippen LogP contribution in [0.15, 0.2) is 67.6 Å². The Morgan fingerprint density at radius 2 is 1.38 bits per heavy atom. The zero-order chi connectivity index (χ0) is 29.4. The Hall–Kier alpha value is -2.78. The van der Waals surface area contributed by atoms with Crippen molar-refractivity contribution in [2.75, 3.05) is 6.54 Å². The molecule has 1 aromatic heterocycles. The van der Waals surface area contributed by atoms with E-state index in [2.05, 4.69) is 83.5 Å². The molecule has 0 aromatic carbocycles. The van der Waals surface area contributed by atoms with Gasteiger partial charge in [0.05, 0.1) is 22.8 Å².